The number of benzene rings is 2. The molecule has 2 bridgehead atoms. The summed E-state index contributed by atoms with van der Waals surface area (Å²) in [5.74, 6) is 0.633. The molecule has 0 saturated carbocycles. The summed E-state index contributed by atoms with van der Waals surface area (Å²) in [5, 5.41) is 10.6. The van der Waals surface area contributed by atoms with Crippen molar-refractivity contribution in [2.45, 2.75) is 31.0 Å². The van der Waals surface area contributed by atoms with E-state index in [4.69, 9.17) is 9.47 Å². The average molecular weight is 498 g/mol. The van der Waals surface area contributed by atoms with Crippen LogP contribution in [-0.2, 0) is 16.0 Å². The van der Waals surface area contributed by atoms with E-state index in [1.807, 2.05) is 6.07 Å². The van der Waals surface area contributed by atoms with Gasteiger partial charge in [-0.3, -0.25) is 9.59 Å². The maximum atomic E-state index is 13.7. The fraction of sp³-hybridized carbons (Fsp3) is 0.296. The van der Waals surface area contributed by atoms with E-state index in [2.05, 4.69) is 11.1 Å². The molecule has 3 fully saturated rings. The first-order chi connectivity index (χ1) is 18.0. The zero-order valence-electron chi connectivity index (χ0n) is 20.2. The molecule has 4 amide bonds. The van der Waals surface area contributed by atoms with Gasteiger partial charge in [-0.25, -0.2) is 14.7 Å². The molecule has 0 N–H and O–H groups in total. The van der Waals surface area contributed by atoms with E-state index in [0.29, 0.717) is 40.9 Å². The van der Waals surface area contributed by atoms with Gasteiger partial charge in [-0.15, -0.1) is 0 Å². The number of nitriles is 1. The van der Waals surface area contributed by atoms with Crippen LogP contribution in [0.15, 0.2) is 48.7 Å². The van der Waals surface area contributed by atoms with Crippen LogP contribution in [0, 0.1) is 11.3 Å². The lowest BCUT2D eigenvalue weighted by molar-refractivity contribution is -0.135. The van der Waals surface area contributed by atoms with Crippen molar-refractivity contribution in [3.8, 4) is 17.6 Å². The molecule has 37 heavy (non-hydrogen) atoms. The molecule has 3 aliphatic heterocycles. The van der Waals surface area contributed by atoms with Crippen LogP contribution in [-0.4, -0.2) is 71.5 Å². The van der Waals surface area contributed by atoms with Crippen molar-refractivity contribution < 1.29 is 23.9 Å². The van der Waals surface area contributed by atoms with Crippen LogP contribution >= 0.6 is 0 Å². The molecule has 0 spiro atoms. The highest BCUT2D eigenvalue weighted by molar-refractivity contribution is 6.25. The Morgan fingerprint density at radius 1 is 1.11 bits per heavy atom. The predicted octanol–water partition coefficient (Wildman–Crippen LogP) is 2.49. The molecule has 10 nitrogen and oxygen atoms in total. The number of hydrogen-bond donors (Lipinski definition) is 0. The molecule has 2 unspecified atom stereocenters. The highest BCUT2D eigenvalue weighted by Gasteiger charge is 2.63. The van der Waals surface area contributed by atoms with Crippen LogP contribution in [0.25, 0.3) is 10.8 Å². The number of methoxy groups -OCH3 is 2. The maximum Gasteiger partial charge on any atom is 0.332 e. The lowest BCUT2D eigenvalue weighted by Crippen LogP contribution is -2.55. The standard InChI is InChI=1S/C27H23N5O5/c1-36-22-8-7-15(9-23(22)37-2)10-24(33)30-14-16-11-20(30)25-26(34)32(27(35)31(16)25)21-13-29-19(12-28)17-5-3-4-6-18(17)21/h3-9,13,16,20,25H,10-11,14H2,1-2H3/t16?,20?,25-/m1/s1. The Bertz CT molecular complexity index is 1510. The van der Waals surface area contributed by atoms with Gasteiger partial charge in [-0.2, -0.15) is 5.26 Å². The predicted molar refractivity (Wildman–Crippen MR) is 132 cm³/mol. The first-order valence-corrected chi connectivity index (χ1v) is 11.9. The van der Waals surface area contributed by atoms with E-state index in [9.17, 15) is 19.6 Å². The van der Waals surface area contributed by atoms with Crippen molar-refractivity contribution in [1.29, 1.82) is 5.26 Å². The molecule has 4 heterocycles. The third kappa shape index (κ3) is 3.31. The number of carbonyl (C=O) groups is 3. The summed E-state index contributed by atoms with van der Waals surface area (Å²) < 4.78 is 10.6. The second-order valence-corrected chi connectivity index (χ2v) is 9.33. The van der Waals surface area contributed by atoms with Gasteiger partial charge in [0.25, 0.3) is 5.91 Å². The fourth-order valence-electron chi connectivity index (χ4n) is 5.88. The Balaban J connectivity index is 1.27. The molecule has 0 aliphatic carbocycles. The van der Waals surface area contributed by atoms with Crippen LogP contribution in [0.5, 0.6) is 11.5 Å². The van der Waals surface area contributed by atoms with Gasteiger partial charge in [-0.1, -0.05) is 30.3 Å². The number of fused-ring (bicyclic) bond motifs is 6. The highest BCUT2D eigenvalue weighted by atomic mass is 16.5. The van der Waals surface area contributed by atoms with E-state index in [1.165, 1.54) is 6.20 Å². The van der Waals surface area contributed by atoms with Gasteiger partial charge in [0.1, 0.15) is 17.8 Å². The minimum atomic E-state index is -0.741. The van der Waals surface area contributed by atoms with Gasteiger partial charge in [0, 0.05) is 17.3 Å². The fourth-order valence-corrected chi connectivity index (χ4v) is 5.88. The number of ether oxygens (including phenoxy) is 2. The topological polar surface area (TPSA) is 116 Å². The lowest BCUT2D eigenvalue weighted by Gasteiger charge is -2.35. The van der Waals surface area contributed by atoms with Crippen LogP contribution in [0.2, 0.25) is 0 Å². The molecule has 10 heteroatoms. The largest absolute Gasteiger partial charge is 0.493 e. The van der Waals surface area contributed by atoms with Gasteiger partial charge < -0.3 is 19.3 Å². The molecule has 0 radical (unpaired) electrons. The summed E-state index contributed by atoms with van der Waals surface area (Å²) in [7, 11) is 3.09. The molecule has 3 saturated heterocycles. The number of imide groups is 1. The second kappa shape index (κ2) is 8.48. The number of piperazine rings is 1. The van der Waals surface area contributed by atoms with Crippen molar-refractivity contribution in [3.63, 3.8) is 0 Å². The first kappa shape index (κ1) is 22.8. The quantitative estimate of drug-likeness (QED) is 0.497. The molecule has 1 aromatic heterocycles. The van der Waals surface area contributed by atoms with Crippen LogP contribution in [0.1, 0.15) is 17.7 Å². The molecule has 3 aliphatic rings. The van der Waals surface area contributed by atoms with E-state index in [-0.39, 0.29) is 30.0 Å². The van der Waals surface area contributed by atoms with Gasteiger partial charge in [-0.05, 0) is 24.1 Å². The summed E-state index contributed by atoms with van der Waals surface area (Å²) >= 11 is 0. The monoisotopic (exact) mass is 497 g/mol. The highest BCUT2D eigenvalue weighted by Crippen LogP contribution is 2.43. The van der Waals surface area contributed by atoms with Crippen molar-refractivity contribution in [3.05, 3.63) is 59.9 Å². The Morgan fingerprint density at radius 2 is 1.86 bits per heavy atom. The van der Waals surface area contributed by atoms with E-state index >= 15 is 0 Å². The summed E-state index contributed by atoms with van der Waals surface area (Å²) in [5.41, 5.74) is 1.35. The molecular formula is C27H23N5O5. The number of likely N-dealkylation sites (tertiary alicyclic amines) is 1. The number of aromatic nitrogens is 1. The zero-order chi connectivity index (χ0) is 25.8. The second-order valence-electron chi connectivity index (χ2n) is 9.33. The molecule has 186 valence electrons. The number of nitrogens with zero attached hydrogens (tertiary/aromatic N) is 5. The van der Waals surface area contributed by atoms with Crippen LogP contribution in [0.3, 0.4) is 0 Å². The summed E-state index contributed by atoms with van der Waals surface area (Å²) in [4.78, 5) is 49.2. The van der Waals surface area contributed by atoms with Gasteiger partial charge in [0.15, 0.2) is 11.5 Å². The van der Waals surface area contributed by atoms with Crippen LogP contribution < -0.4 is 14.4 Å². The Kier molecular flexibility index (Phi) is 5.22. The Labute approximate surface area is 212 Å². The lowest BCUT2D eigenvalue weighted by atomic mass is 10.1. The van der Waals surface area contributed by atoms with Crippen molar-refractivity contribution in [2.24, 2.45) is 0 Å². The molecule has 6 rings (SSSR count). The number of pyridine rings is 1. The zero-order valence-corrected chi connectivity index (χ0v) is 20.2. The minimum absolute atomic E-state index is 0.108. The first-order valence-electron chi connectivity index (χ1n) is 11.9. The van der Waals surface area contributed by atoms with Crippen molar-refractivity contribution in [1.82, 2.24) is 14.8 Å². The number of carbonyl (C=O) groups excluding carboxylic acids is 3. The van der Waals surface area contributed by atoms with E-state index in [0.717, 1.165) is 10.5 Å². The van der Waals surface area contributed by atoms with Gasteiger partial charge in [0.2, 0.25) is 5.91 Å². The van der Waals surface area contributed by atoms with Gasteiger partial charge >= 0.3 is 6.03 Å². The van der Waals surface area contributed by atoms with Crippen molar-refractivity contribution in [2.75, 3.05) is 25.7 Å². The number of amides is 4. The minimum Gasteiger partial charge on any atom is -0.493 e. The average Bonchev–Trinajstić information content (AvgIpc) is 3.59. The Morgan fingerprint density at radius 3 is 2.59 bits per heavy atom. The summed E-state index contributed by atoms with van der Waals surface area (Å²) in [6, 6.07) is 12.7. The number of hydrogen-bond acceptors (Lipinski definition) is 7. The third-order valence-corrected chi connectivity index (χ3v) is 7.51. The third-order valence-electron chi connectivity index (χ3n) is 7.51. The maximum absolute atomic E-state index is 13.7. The summed E-state index contributed by atoms with van der Waals surface area (Å²) in [6.07, 6.45) is 2.12. The number of anilines is 1. The van der Waals surface area contributed by atoms with Crippen LogP contribution in [0.4, 0.5) is 10.5 Å². The molecule has 3 aromatic rings. The molecule has 3 atom stereocenters. The van der Waals surface area contributed by atoms with E-state index < -0.39 is 18.1 Å². The SMILES string of the molecule is COc1ccc(CC(=O)N2CC3CC2[C@@H]2C(=O)N(c4cnc(C#N)c5ccccc45)C(=O)N32)cc1OC. The number of urea groups is 1. The molecular weight excluding hydrogens is 474 g/mol. The normalized spacial score (nSPS) is 22.0. The van der Waals surface area contributed by atoms with Crippen molar-refractivity contribution >= 4 is 34.3 Å². The Hall–Kier alpha value is -4.65. The summed E-state index contributed by atoms with van der Waals surface area (Å²) in [6.45, 7) is 0.381. The smallest absolute Gasteiger partial charge is 0.332 e. The van der Waals surface area contributed by atoms with Gasteiger partial charge in [0.05, 0.1) is 44.6 Å². The number of rotatable bonds is 5. The molecule has 2 aromatic carbocycles. The van der Waals surface area contributed by atoms with E-state index in [1.54, 1.807) is 60.4 Å².